The van der Waals surface area contributed by atoms with Crippen LogP contribution in [0.4, 0.5) is 17.2 Å². The van der Waals surface area contributed by atoms with Crippen LogP contribution in [0.5, 0.6) is 0 Å². The molecule has 0 amide bonds. The number of hydrogen-bond donors (Lipinski definition) is 2. The van der Waals surface area contributed by atoms with E-state index in [4.69, 9.17) is 9.26 Å². The highest BCUT2D eigenvalue weighted by Crippen LogP contribution is 2.28. The summed E-state index contributed by atoms with van der Waals surface area (Å²) in [7, 11) is 2.92. The van der Waals surface area contributed by atoms with E-state index in [1.165, 1.54) is 30.4 Å². The third kappa shape index (κ3) is 3.25. The van der Waals surface area contributed by atoms with Crippen LogP contribution in [0.3, 0.4) is 0 Å². The number of carbonyl (C=O) groups excluding carboxylic acids is 1. The molecule has 11 nitrogen and oxygen atoms in total. The average Bonchev–Trinajstić information content (AvgIpc) is 3.18. The minimum Gasteiger partial charge on any atom is -0.463 e. The van der Waals surface area contributed by atoms with Crippen molar-refractivity contribution in [2.75, 3.05) is 24.8 Å². The number of carbonyl (C=O) groups is 1. The molecule has 0 spiro atoms. The number of rotatable bonds is 5. The van der Waals surface area contributed by atoms with Crippen LogP contribution in [0, 0.1) is 0 Å². The molecule has 0 aliphatic carbocycles. The van der Waals surface area contributed by atoms with Crippen LogP contribution < -0.4 is 16.2 Å². The first-order valence-electron chi connectivity index (χ1n) is 8.43. The van der Waals surface area contributed by atoms with Gasteiger partial charge in [0.1, 0.15) is 23.3 Å². The summed E-state index contributed by atoms with van der Waals surface area (Å²) >= 11 is 0. The van der Waals surface area contributed by atoms with E-state index in [2.05, 4.69) is 30.7 Å². The predicted molar refractivity (Wildman–Crippen MR) is 104 cm³/mol. The number of ether oxygens (including phenoxy) is 1. The largest absolute Gasteiger partial charge is 0.463 e. The van der Waals surface area contributed by atoms with Gasteiger partial charge >= 0.3 is 5.97 Å². The van der Waals surface area contributed by atoms with Gasteiger partial charge in [-0.25, -0.2) is 19.7 Å². The van der Waals surface area contributed by atoms with Crippen molar-refractivity contribution in [3.63, 3.8) is 0 Å². The standard InChI is InChI=1S/C18H15N7O4/c1-19-12-6-13(23-15-14(12)24-29-16(15)18(27)28-2)22-11-4-3-5-25(17(11)26)10-7-20-9-21-8-10/h3-9,19H,1-2H3,(H,22,23). The topological polar surface area (TPSA) is 137 Å². The summed E-state index contributed by atoms with van der Waals surface area (Å²) in [6.45, 7) is 0. The van der Waals surface area contributed by atoms with E-state index < -0.39 is 5.97 Å². The van der Waals surface area contributed by atoms with Gasteiger partial charge in [-0.1, -0.05) is 5.16 Å². The third-order valence-corrected chi connectivity index (χ3v) is 4.11. The van der Waals surface area contributed by atoms with Crippen molar-refractivity contribution >= 4 is 34.2 Å². The van der Waals surface area contributed by atoms with Crippen LogP contribution in [-0.2, 0) is 4.74 Å². The number of nitrogens with zero attached hydrogens (tertiary/aromatic N) is 5. The second-order valence-electron chi connectivity index (χ2n) is 5.82. The molecule has 0 saturated carbocycles. The molecule has 0 aliphatic heterocycles. The van der Waals surface area contributed by atoms with Crippen molar-refractivity contribution in [3.8, 4) is 5.69 Å². The van der Waals surface area contributed by atoms with Crippen molar-refractivity contribution in [3.05, 3.63) is 59.2 Å². The van der Waals surface area contributed by atoms with E-state index >= 15 is 0 Å². The summed E-state index contributed by atoms with van der Waals surface area (Å²) in [6, 6.07) is 4.96. The second-order valence-corrected chi connectivity index (χ2v) is 5.82. The Balaban J connectivity index is 1.79. The molecule has 29 heavy (non-hydrogen) atoms. The lowest BCUT2D eigenvalue weighted by atomic mass is 10.2. The quantitative estimate of drug-likeness (QED) is 0.482. The minimum absolute atomic E-state index is 0.130. The number of nitrogens with one attached hydrogen (secondary N) is 2. The van der Waals surface area contributed by atoms with Crippen LogP contribution in [-0.4, -0.2) is 44.8 Å². The lowest BCUT2D eigenvalue weighted by molar-refractivity contribution is 0.0557. The Kier molecular flexibility index (Phi) is 4.61. The van der Waals surface area contributed by atoms with Crippen molar-refractivity contribution in [2.45, 2.75) is 0 Å². The Morgan fingerprint density at radius 3 is 2.72 bits per heavy atom. The molecule has 0 aliphatic rings. The molecule has 4 aromatic rings. The molecule has 4 heterocycles. The van der Waals surface area contributed by atoms with Gasteiger partial charge in [-0.2, -0.15) is 0 Å². The van der Waals surface area contributed by atoms with Gasteiger partial charge in [-0.15, -0.1) is 0 Å². The van der Waals surface area contributed by atoms with Gasteiger partial charge in [0.15, 0.2) is 5.52 Å². The predicted octanol–water partition coefficient (Wildman–Crippen LogP) is 1.74. The molecule has 0 unspecified atom stereocenters. The van der Waals surface area contributed by atoms with Crippen molar-refractivity contribution in [2.24, 2.45) is 0 Å². The summed E-state index contributed by atoms with van der Waals surface area (Å²) < 4.78 is 11.2. The van der Waals surface area contributed by atoms with Crippen LogP contribution in [0.1, 0.15) is 10.6 Å². The molecule has 146 valence electrons. The molecule has 0 fully saturated rings. The molecular formula is C18H15N7O4. The lowest BCUT2D eigenvalue weighted by Gasteiger charge is -2.10. The maximum absolute atomic E-state index is 12.9. The van der Waals surface area contributed by atoms with E-state index in [9.17, 15) is 9.59 Å². The third-order valence-electron chi connectivity index (χ3n) is 4.11. The smallest absolute Gasteiger partial charge is 0.379 e. The SMILES string of the molecule is CNc1cc(Nc2cccn(-c3cncnc3)c2=O)nc2c(C(=O)OC)onc12. The van der Waals surface area contributed by atoms with Crippen LogP contribution in [0.25, 0.3) is 16.7 Å². The number of hydrogen-bond acceptors (Lipinski definition) is 10. The molecule has 4 aromatic heterocycles. The first kappa shape index (κ1) is 18.1. The maximum atomic E-state index is 12.9. The Morgan fingerprint density at radius 1 is 1.21 bits per heavy atom. The van der Waals surface area contributed by atoms with Gasteiger partial charge in [-0.05, 0) is 12.1 Å². The van der Waals surface area contributed by atoms with Gasteiger partial charge in [-0.3, -0.25) is 9.36 Å². The minimum atomic E-state index is -0.703. The number of esters is 1. The summed E-state index contributed by atoms with van der Waals surface area (Å²) in [6.07, 6.45) is 6.05. The first-order valence-corrected chi connectivity index (χ1v) is 8.43. The number of fused-ring (bicyclic) bond motifs is 1. The molecule has 0 atom stereocenters. The fourth-order valence-electron chi connectivity index (χ4n) is 2.75. The highest BCUT2D eigenvalue weighted by Gasteiger charge is 2.22. The van der Waals surface area contributed by atoms with E-state index in [-0.39, 0.29) is 22.5 Å². The lowest BCUT2D eigenvalue weighted by Crippen LogP contribution is -2.20. The maximum Gasteiger partial charge on any atom is 0.379 e. The van der Waals surface area contributed by atoms with E-state index in [1.807, 2.05) is 0 Å². The fourth-order valence-corrected chi connectivity index (χ4v) is 2.75. The highest BCUT2D eigenvalue weighted by atomic mass is 16.5. The molecule has 0 saturated heterocycles. The summed E-state index contributed by atoms with van der Waals surface area (Å²) in [5.74, 6) is -0.519. The first-order chi connectivity index (χ1) is 14.1. The Labute approximate surface area is 163 Å². The van der Waals surface area contributed by atoms with Crippen LogP contribution in [0.2, 0.25) is 0 Å². The van der Waals surface area contributed by atoms with Gasteiger partial charge in [0, 0.05) is 19.3 Å². The number of methoxy groups -OCH3 is 1. The Bertz CT molecular complexity index is 1250. The average molecular weight is 393 g/mol. The van der Waals surface area contributed by atoms with Crippen molar-refractivity contribution in [1.29, 1.82) is 0 Å². The number of anilines is 3. The van der Waals surface area contributed by atoms with Crippen LogP contribution >= 0.6 is 0 Å². The molecule has 11 heteroatoms. The normalized spacial score (nSPS) is 10.7. The van der Waals surface area contributed by atoms with Gasteiger partial charge in [0.05, 0.1) is 30.9 Å². The Hall–Kier alpha value is -4.28. The zero-order valence-corrected chi connectivity index (χ0v) is 15.4. The number of aromatic nitrogens is 5. The number of pyridine rings is 2. The molecule has 0 bridgehead atoms. The van der Waals surface area contributed by atoms with Crippen molar-refractivity contribution < 1.29 is 14.1 Å². The molecule has 0 aromatic carbocycles. The van der Waals surface area contributed by atoms with Gasteiger partial charge in [0.25, 0.3) is 11.3 Å². The molecule has 2 N–H and O–H groups in total. The molecule has 4 rings (SSSR count). The second kappa shape index (κ2) is 7.38. The zero-order chi connectivity index (χ0) is 20.4. The van der Waals surface area contributed by atoms with Gasteiger partial charge < -0.3 is 19.9 Å². The summed E-state index contributed by atoms with van der Waals surface area (Å²) in [5.41, 5.74) is 1.59. The monoisotopic (exact) mass is 393 g/mol. The summed E-state index contributed by atoms with van der Waals surface area (Å²) in [4.78, 5) is 37.0. The van der Waals surface area contributed by atoms with Gasteiger partial charge in [0.2, 0.25) is 0 Å². The zero-order valence-electron chi connectivity index (χ0n) is 15.4. The highest BCUT2D eigenvalue weighted by molar-refractivity contribution is 6.03. The Morgan fingerprint density at radius 2 is 2.00 bits per heavy atom. The van der Waals surface area contributed by atoms with E-state index in [0.29, 0.717) is 22.7 Å². The fraction of sp³-hybridized carbons (Fsp3) is 0.111. The van der Waals surface area contributed by atoms with Crippen LogP contribution in [0.15, 0.2) is 52.4 Å². The van der Waals surface area contributed by atoms with E-state index in [1.54, 1.807) is 31.4 Å². The molecule has 0 radical (unpaired) electrons. The molecular weight excluding hydrogens is 378 g/mol. The summed E-state index contributed by atoms with van der Waals surface area (Å²) in [5, 5.41) is 9.81. The van der Waals surface area contributed by atoms with Crippen molar-refractivity contribution in [1.82, 2.24) is 24.7 Å². The van der Waals surface area contributed by atoms with E-state index in [0.717, 1.165) is 0 Å².